The smallest absolute Gasteiger partial charge is 0.315 e. The average molecular weight is 353 g/mol. The molecule has 2 aliphatic carbocycles. The molecular formula is C20H27N5O. The van der Waals surface area contributed by atoms with Crippen molar-refractivity contribution in [2.24, 2.45) is 16.7 Å². The largest absolute Gasteiger partial charge is 0.335 e. The van der Waals surface area contributed by atoms with E-state index < -0.39 is 0 Å². The highest BCUT2D eigenvalue weighted by molar-refractivity contribution is 5.74. The van der Waals surface area contributed by atoms with Crippen LogP contribution in [0.1, 0.15) is 45.6 Å². The van der Waals surface area contributed by atoms with Crippen LogP contribution in [-0.2, 0) is 6.54 Å². The fourth-order valence-electron chi connectivity index (χ4n) is 4.91. The number of nitrogens with one attached hydrogen (secondary N) is 2. The maximum atomic E-state index is 12.5. The van der Waals surface area contributed by atoms with Crippen LogP contribution in [0, 0.1) is 16.7 Å². The van der Waals surface area contributed by atoms with Crippen molar-refractivity contribution in [3.63, 3.8) is 0 Å². The first-order valence-corrected chi connectivity index (χ1v) is 9.39. The Morgan fingerprint density at radius 3 is 2.85 bits per heavy atom. The lowest BCUT2D eigenvalue weighted by molar-refractivity contribution is 0.123. The Kier molecular flexibility index (Phi) is 4.01. The molecule has 0 radical (unpaired) electrons. The fourth-order valence-corrected chi connectivity index (χ4v) is 4.91. The van der Waals surface area contributed by atoms with Crippen LogP contribution in [0.3, 0.4) is 0 Å². The highest BCUT2D eigenvalue weighted by Crippen LogP contribution is 2.65. The highest BCUT2D eigenvalue weighted by Gasteiger charge is 2.61. The molecule has 3 unspecified atom stereocenters. The van der Waals surface area contributed by atoms with Crippen LogP contribution in [0.25, 0.3) is 5.82 Å². The van der Waals surface area contributed by atoms with Crippen molar-refractivity contribution >= 4 is 6.03 Å². The maximum Gasteiger partial charge on any atom is 0.315 e. The minimum Gasteiger partial charge on any atom is -0.335 e. The average Bonchev–Trinajstić information content (AvgIpc) is 3.27. The topological polar surface area (TPSA) is 71.8 Å². The zero-order valence-corrected chi connectivity index (χ0v) is 15.7. The molecule has 2 aromatic heterocycles. The molecule has 0 aromatic carbocycles. The van der Waals surface area contributed by atoms with Crippen molar-refractivity contribution in [3.8, 4) is 5.82 Å². The number of hydrogen-bond donors (Lipinski definition) is 2. The van der Waals surface area contributed by atoms with Crippen LogP contribution in [0.2, 0.25) is 0 Å². The van der Waals surface area contributed by atoms with Gasteiger partial charge in [-0.1, -0.05) is 20.8 Å². The Morgan fingerprint density at radius 1 is 1.35 bits per heavy atom. The number of hydrogen-bond acceptors (Lipinski definition) is 3. The van der Waals surface area contributed by atoms with E-state index in [4.69, 9.17) is 0 Å². The lowest BCUT2D eigenvalue weighted by Crippen LogP contribution is -2.49. The zero-order valence-electron chi connectivity index (χ0n) is 15.7. The Balaban J connectivity index is 1.36. The summed E-state index contributed by atoms with van der Waals surface area (Å²) in [6, 6.07) is 5.88. The molecule has 138 valence electrons. The summed E-state index contributed by atoms with van der Waals surface area (Å²) < 4.78 is 1.71. The molecule has 2 fully saturated rings. The van der Waals surface area contributed by atoms with E-state index >= 15 is 0 Å². The summed E-state index contributed by atoms with van der Waals surface area (Å²) in [7, 11) is 0. The maximum absolute atomic E-state index is 12.5. The van der Waals surface area contributed by atoms with Crippen LogP contribution in [0.15, 0.2) is 36.8 Å². The predicted molar refractivity (Wildman–Crippen MR) is 99.7 cm³/mol. The van der Waals surface area contributed by atoms with E-state index in [-0.39, 0.29) is 17.5 Å². The van der Waals surface area contributed by atoms with Gasteiger partial charge in [-0.25, -0.2) is 14.5 Å². The van der Waals surface area contributed by atoms with Gasteiger partial charge in [0, 0.05) is 31.2 Å². The van der Waals surface area contributed by atoms with E-state index in [9.17, 15) is 4.79 Å². The second-order valence-electron chi connectivity index (χ2n) is 8.46. The number of carbonyl (C=O) groups excluding carboxylic acids is 1. The zero-order chi connectivity index (χ0) is 18.4. The van der Waals surface area contributed by atoms with Crippen molar-refractivity contribution < 1.29 is 4.79 Å². The van der Waals surface area contributed by atoms with Gasteiger partial charge < -0.3 is 10.6 Å². The van der Waals surface area contributed by atoms with Gasteiger partial charge in [0.15, 0.2) is 5.82 Å². The fraction of sp³-hybridized carbons (Fsp3) is 0.550. The minimum atomic E-state index is -0.0861. The normalized spacial score (nSPS) is 28.9. The number of amides is 2. The molecule has 3 atom stereocenters. The molecule has 2 heterocycles. The van der Waals surface area contributed by atoms with Gasteiger partial charge in [0.1, 0.15) is 0 Å². The minimum absolute atomic E-state index is 0.0861. The first-order chi connectivity index (χ1) is 12.4. The SMILES string of the molecule is CC1(C)C2CCC1(C)C(NC(=O)NCc1ccnc(-n3cccn3)c1)C2. The standard InChI is InChI=1S/C20H27N5O/c1-19(2)15-5-7-20(19,3)16(12-15)24-18(26)22-13-14-6-9-21-17(11-14)25-10-4-8-23-25/h4,6,8-11,15-16H,5,7,12-13H2,1-3H3,(H2,22,24,26). The van der Waals surface area contributed by atoms with Crippen LogP contribution < -0.4 is 10.6 Å². The van der Waals surface area contributed by atoms with Crippen LogP contribution in [-0.4, -0.2) is 26.8 Å². The van der Waals surface area contributed by atoms with Gasteiger partial charge in [0.2, 0.25) is 0 Å². The highest BCUT2D eigenvalue weighted by atomic mass is 16.2. The lowest BCUT2D eigenvalue weighted by Gasteiger charge is -2.39. The third kappa shape index (κ3) is 2.68. The van der Waals surface area contributed by atoms with Crippen LogP contribution >= 0.6 is 0 Å². The van der Waals surface area contributed by atoms with E-state index in [1.54, 1.807) is 17.1 Å². The number of aromatic nitrogens is 3. The van der Waals surface area contributed by atoms with Crippen molar-refractivity contribution in [2.45, 2.75) is 52.6 Å². The number of pyridine rings is 1. The molecule has 2 N–H and O–H groups in total. The summed E-state index contributed by atoms with van der Waals surface area (Å²) in [4.78, 5) is 16.8. The number of carbonyl (C=O) groups is 1. The molecular weight excluding hydrogens is 326 g/mol. The molecule has 2 aliphatic rings. The number of fused-ring (bicyclic) bond motifs is 2. The molecule has 2 saturated carbocycles. The quantitative estimate of drug-likeness (QED) is 0.886. The molecule has 0 spiro atoms. The van der Waals surface area contributed by atoms with E-state index in [2.05, 4.69) is 41.5 Å². The summed E-state index contributed by atoms with van der Waals surface area (Å²) in [5.41, 5.74) is 1.49. The molecule has 0 aliphatic heterocycles. The molecule has 4 rings (SSSR count). The van der Waals surface area contributed by atoms with Crippen LogP contribution in [0.4, 0.5) is 4.79 Å². The Labute approximate surface area is 154 Å². The second-order valence-corrected chi connectivity index (χ2v) is 8.46. The molecule has 2 bridgehead atoms. The monoisotopic (exact) mass is 353 g/mol. The first kappa shape index (κ1) is 17.1. The van der Waals surface area contributed by atoms with Gasteiger partial charge in [0.25, 0.3) is 0 Å². The van der Waals surface area contributed by atoms with Crippen molar-refractivity contribution in [1.29, 1.82) is 0 Å². The van der Waals surface area contributed by atoms with Crippen LogP contribution in [0.5, 0.6) is 0 Å². The van der Waals surface area contributed by atoms with Gasteiger partial charge in [-0.05, 0) is 59.8 Å². The molecule has 6 nitrogen and oxygen atoms in total. The molecule has 26 heavy (non-hydrogen) atoms. The third-order valence-electron chi connectivity index (χ3n) is 7.10. The van der Waals surface area contributed by atoms with Crippen molar-refractivity contribution in [1.82, 2.24) is 25.4 Å². The van der Waals surface area contributed by atoms with E-state index in [0.717, 1.165) is 23.7 Å². The molecule has 6 heteroatoms. The second kappa shape index (κ2) is 6.11. The van der Waals surface area contributed by atoms with E-state index in [1.807, 2.05) is 24.4 Å². The van der Waals surface area contributed by atoms with Crippen molar-refractivity contribution in [3.05, 3.63) is 42.4 Å². The summed E-state index contributed by atoms with van der Waals surface area (Å²) in [6.07, 6.45) is 8.89. The van der Waals surface area contributed by atoms with Gasteiger partial charge in [0.05, 0.1) is 0 Å². The Hall–Kier alpha value is -2.37. The van der Waals surface area contributed by atoms with Gasteiger partial charge in [-0.3, -0.25) is 0 Å². The van der Waals surface area contributed by atoms with Gasteiger partial charge in [-0.2, -0.15) is 5.10 Å². The van der Waals surface area contributed by atoms with E-state index in [0.29, 0.717) is 12.0 Å². The Morgan fingerprint density at radius 2 is 2.19 bits per heavy atom. The van der Waals surface area contributed by atoms with Gasteiger partial charge in [-0.15, -0.1) is 0 Å². The number of rotatable bonds is 4. The molecule has 2 amide bonds. The van der Waals surface area contributed by atoms with E-state index in [1.165, 1.54) is 12.8 Å². The molecule has 0 saturated heterocycles. The lowest BCUT2D eigenvalue weighted by atomic mass is 9.69. The van der Waals surface area contributed by atoms with Gasteiger partial charge >= 0.3 is 6.03 Å². The summed E-state index contributed by atoms with van der Waals surface area (Å²) in [5.74, 6) is 1.46. The Bertz CT molecular complexity index is 800. The third-order valence-corrected chi connectivity index (χ3v) is 7.10. The number of urea groups is 1. The molecule has 2 aromatic rings. The summed E-state index contributed by atoms with van der Waals surface area (Å²) in [5, 5.41) is 10.4. The summed E-state index contributed by atoms with van der Waals surface area (Å²) in [6.45, 7) is 7.53. The summed E-state index contributed by atoms with van der Waals surface area (Å²) >= 11 is 0. The van der Waals surface area contributed by atoms with Crippen molar-refractivity contribution in [2.75, 3.05) is 0 Å². The first-order valence-electron chi connectivity index (χ1n) is 9.39. The predicted octanol–water partition coefficient (Wildman–Crippen LogP) is 3.28. The number of nitrogens with zero attached hydrogens (tertiary/aromatic N) is 3.